The van der Waals surface area contributed by atoms with E-state index >= 15 is 0 Å². The molecule has 0 bridgehead atoms. The van der Waals surface area contributed by atoms with Gasteiger partial charge in [0.1, 0.15) is 0 Å². The van der Waals surface area contributed by atoms with Crippen LogP contribution in [0, 0.1) is 3.57 Å². The third kappa shape index (κ3) is 2.24. The van der Waals surface area contributed by atoms with Crippen molar-refractivity contribution in [2.24, 2.45) is 0 Å². The molecule has 0 aliphatic carbocycles. The molecule has 1 aromatic heterocycles. The zero-order valence-corrected chi connectivity index (χ0v) is 10.6. The van der Waals surface area contributed by atoms with Gasteiger partial charge in [0, 0.05) is 15.2 Å². The summed E-state index contributed by atoms with van der Waals surface area (Å²) in [5, 5.41) is 3.63. The molecule has 0 saturated carbocycles. The van der Waals surface area contributed by atoms with Gasteiger partial charge in [0.25, 0.3) is 0 Å². The second kappa shape index (κ2) is 4.65. The fourth-order valence-electron chi connectivity index (χ4n) is 1.23. The van der Waals surface area contributed by atoms with Crippen LogP contribution in [0.3, 0.4) is 0 Å². The van der Waals surface area contributed by atoms with Crippen molar-refractivity contribution < 1.29 is 14.1 Å². The molecule has 0 radical (unpaired) electrons. The highest BCUT2D eigenvalue weighted by molar-refractivity contribution is 14.1. The van der Waals surface area contributed by atoms with Crippen molar-refractivity contribution in [1.29, 1.82) is 0 Å². The number of halogens is 1. The van der Waals surface area contributed by atoms with E-state index in [1.165, 1.54) is 7.11 Å². The minimum absolute atomic E-state index is 0.177. The number of methoxy groups -OCH3 is 1. The molecular formula is C11H8INO3. The van der Waals surface area contributed by atoms with Crippen LogP contribution in [0.15, 0.2) is 34.9 Å². The first-order chi connectivity index (χ1) is 7.70. The SMILES string of the molecule is COC(=O)c1cc(-c2ccc(I)cc2)on1. The molecule has 82 valence electrons. The zero-order valence-electron chi connectivity index (χ0n) is 8.44. The van der Waals surface area contributed by atoms with Crippen molar-refractivity contribution >= 4 is 28.6 Å². The Hall–Kier alpha value is -1.37. The highest BCUT2D eigenvalue weighted by Crippen LogP contribution is 2.21. The van der Waals surface area contributed by atoms with Crippen molar-refractivity contribution in [3.8, 4) is 11.3 Å². The summed E-state index contributed by atoms with van der Waals surface area (Å²) >= 11 is 2.22. The van der Waals surface area contributed by atoms with Crippen LogP contribution in [0.5, 0.6) is 0 Å². The van der Waals surface area contributed by atoms with Crippen molar-refractivity contribution in [3.05, 3.63) is 39.6 Å². The molecule has 0 unspecified atom stereocenters. The standard InChI is InChI=1S/C11H8INO3/c1-15-11(14)9-6-10(16-13-9)7-2-4-8(12)5-3-7/h2-6H,1H3. The molecule has 0 atom stereocenters. The Balaban J connectivity index is 2.31. The summed E-state index contributed by atoms with van der Waals surface area (Å²) in [6.07, 6.45) is 0. The van der Waals surface area contributed by atoms with Gasteiger partial charge in [-0.25, -0.2) is 4.79 Å². The Kier molecular flexibility index (Phi) is 3.23. The number of nitrogens with zero attached hydrogens (tertiary/aromatic N) is 1. The lowest BCUT2D eigenvalue weighted by Crippen LogP contribution is -2.00. The summed E-state index contributed by atoms with van der Waals surface area (Å²) in [6, 6.07) is 9.28. The molecule has 5 heteroatoms. The first-order valence-corrected chi connectivity index (χ1v) is 5.59. The smallest absolute Gasteiger partial charge is 0.360 e. The molecule has 1 heterocycles. The molecule has 0 N–H and O–H groups in total. The average molecular weight is 329 g/mol. The maximum atomic E-state index is 11.2. The molecule has 0 amide bonds. The minimum atomic E-state index is -0.500. The van der Waals surface area contributed by atoms with Gasteiger partial charge in [-0.3, -0.25) is 0 Å². The number of carbonyl (C=O) groups is 1. The van der Waals surface area contributed by atoms with E-state index in [-0.39, 0.29) is 5.69 Å². The fraction of sp³-hybridized carbons (Fsp3) is 0.0909. The predicted molar refractivity (Wildman–Crippen MR) is 66.0 cm³/mol. The van der Waals surface area contributed by atoms with E-state index in [2.05, 4.69) is 32.5 Å². The first-order valence-electron chi connectivity index (χ1n) is 4.51. The second-order valence-electron chi connectivity index (χ2n) is 3.07. The van der Waals surface area contributed by atoms with Crippen molar-refractivity contribution in [1.82, 2.24) is 5.16 Å². The van der Waals surface area contributed by atoms with Crippen LogP contribution in [0.4, 0.5) is 0 Å². The van der Waals surface area contributed by atoms with Gasteiger partial charge in [-0.05, 0) is 34.7 Å². The number of esters is 1. The van der Waals surface area contributed by atoms with E-state index in [1.54, 1.807) is 6.07 Å². The lowest BCUT2D eigenvalue weighted by molar-refractivity contribution is 0.0589. The fourth-order valence-corrected chi connectivity index (χ4v) is 1.59. The Morgan fingerprint density at radius 3 is 2.69 bits per heavy atom. The predicted octanol–water partition coefficient (Wildman–Crippen LogP) is 2.73. The molecule has 2 aromatic rings. The summed E-state index contributed by atoms with van der Waals surface area (Å²) in [6.45, 7) is 0. The molecule has 4 nitrogen and oxygen atoms in total. The molecule has 0 spiro atoms. The van der Waals surface area contributed by atoms with Gasteiger partial charge >= 0.3 is 5.97 Å². The van der Waals surface area contributed by atoms with Crippen LogP contribution in [0.25, 0.3) is 11.3 Å². The van der Waals surface area contributed by atoms with Crippen LogP contribution in [0.1, 0.15) is 10.5 Å². The molecule has 16 heavy (non-hydrogen) atoms. The normalized spacial score (nSPS) is 10.1. The molecule has 0 saturated heterocycles. The third-order valence-electron chi connectivity index (χ3n) is 2.03. The Morgan fingerprint density at radius 2 is 2.06 bits per heavy atom. The summed E-state index contributed by atoms with van der Waals surface area (Å²) < 4.78 is 10.7. The lowest BCUT2D eigenvalue weighted by atomic mass is 10.2. The number of hydrogen-bond donors (Lipinski definition) is 0. The highest BCUT2D eigenvalue weighted by atomic mass is 127. The topological polar surface area (TPSA) is 52.3 Å². The van der Waals surface area contributed by atoms with Gasteiger partial charge in [0.15, 0.2) is 11.5 Å². The third-order valence-corrected chi connectivity index (χ3v) is 2.75. The van der Waals surface area contributed by atoms with Gasteiger partial charge in [-0.15, -0.1) is 0 Å². The van der Waals surface area contributed by atoms with E-state index in [9.17, 15) is 4.79 Å². The van der Waals surface area contributed by atoms with Crippen molar-refractivity contribution in [2.45, 2.75) is 0 Å². The summed E-state index contributed by atoms with van der Waals surface area (Å²) in [5.41, 5.74) is 1.05. The quantitative estimate of drug-likeness (QED) is 0.628. The van der Waals surface area contributed by atoms with E-state index in [0.717, 1.165) is 9.13 Å². The lowest BCUT2D eigenvalue weighted by Gasteiger charge is -1.94. The van der Waals surface area contributed by atoms with Crippen molar-refractivity contribution in [3.63, 3.8) is 0 Å². The van der Waals surface area contributed by atoms with Crippen LogP contribution in [0.2, 0.25) is 0 Å². The van der Waals surface area contributed by atoms with E-state index in [1.807, 2.05) is 24.3 Å². The number of hydrogen-bond acceptors (Lipinski definition) is 4. The molecule has 2 rings (SSSR count). The number of aromatic nitrogens is 1. The van der Waals surface area contributed by atoms with Crippen LogP contribution >= 0.6 is 22.6 Å². The molecule has 0 aliphatic heterocycles. The zero-order chi connectivity index (χ0) is 11.5. The van der Waals surface area contributed by atoms with Gasteiger partial charge in [-0.2, -0.15) is 0 Å². The average Bonchev–Trinajstić information content (AvgIpc) is 2.78. The molecule has 0 fully saturated rings. The molecule has 1 aromatic carbocycles. The van der Waals surface area contributed by atoms with E-state index in [4.69, 9.17) is 4.52 Å². The summed E-state index contributed by atoms with van der Waals surface area (Å²) in [4.78, 5) is 11.2. The number of carbonyl (C=O) groups excluding carboxylic acids is 1. The van der Waals surface area contributed by atoms with Crippen LogP contribution in [-0.2, 0) is 4.74 Å². The maximum absolute atomic E-state index is 11.2. The first kappa shape index (κ1) is 11.1. The number of rotatable bonds is 2. The van der Waals surface area contributed by atoms with Crippen molar-refractivity contribution in [2.75, 3.05) is 7.11 Å². The Bertz CT molecular complexity index is 504. The van der Waals surface area contributed by atoms with Crippen LogP contribution in [-0.4, -0.2) is 18.2 Å². The van der Waals surface area contributed by atoms with Gasteiger partial charge in [0.2, 0.25) is 0 Å². The van der Waals surface area contributed by atoms with Gasteiger partial charge < -0.3 is 9.26 Å². The number of ether oxygens (including phenoxy) is 1. The largest absolute Gasteiger partial charge is 0.464 e. The van der Waals surface area contributed by atoms with Crippen LogP contribution < -0.4 is 0 Å². The highest BCUT2D eigenvalue weighted by Gasteiger charge is 2.13. The monoisotopic (exact) mass is 329 g/mol. The maximum Gasteiger partial charge on any atom is 0.360 e. The van der Waals surface area contributed by atoms with Gasteiger partial charge in [-0.1, -0.05) is 17.3 Å². The molecular weight excluding hydrogens is 321 g/mol. The summed E-state index contributed by atoms with van der Waals surface area (Å²) in [5.74, 6) is 0.0531. The Morgan fingerprint density at radius 1 is 1.38 bits per heavy atom. The summed E-state index contributed by atoms with van der Waals surface area (Å²) in [7, 11) is 1.31. The van der Waals surface area contributed by atoms with Gasteiger partial charge in [0.05, 0.1) is 7.11 Å². The van der Waals surface area contributed by atoms with E-state index < -0.39 is 5.97 Å². The second-order valence-corrected chi connectivity index (χ2v) is 4.32. The Labute approximate surface area is 106 Å². The van der Waals surface area contributed by atoms with E-state index in [0.29, 0.717) is 5.76 Å². The molecule has 0 aliphatic rings. The number of benzene rings is 1. The minimum Gasteiger partial charge on any atom is -0.464 e.